The lowest BCUT2D eigenvalue weighted by atomic mass is 10.1. The van der Waals surface area contributed by atoms with Crippen molar-refractivity contribution in [3.63, 3.8) is 0 Å². The van der Waals surface area contributed by atoms with E-state index in [9.17, 15) is 4.79 Å². The molecule has 0 radical (unpaired) electrons. The molecule has 1 amide bonds. The van der Waals surface area contributed by atoms with E-state index in [-0.39, 0.29) is 12.0 Å². The Bertz CT molecular complexity index is 1410. The molecular weight excluding hydrogens is 474 g/mol. The summed E-state index contributed by atoms with van der Waals surface area (Å²) in [6.07, 6.45) is 9.40. The van der Waals surface area contributed by atoms with Gasteiger partial charge in [0.1, 0.15) is 11.9 Å². The van der Waals surface area contributed by atoms with E-state index in [0.717, 1.165) is 47.6 Å². The Labute approximate surface area is 213 Å². The zero-order valence-corrected chi connectivity index (χ0v) is 20.5. The SMILES string of the molecule is CNC(=O)c1cncc(-c2cnn3cc(-c4ccc(N5CCOCC5)nc4)c(OC4CCOC4)nc23)c1. The third-order valence-electron chi connectivity index (χ3n) is 6.56. The highest BCUT2D eigenvalue weighted by Crippen LogP contribution is 2.33. The van der Waals surface area contributed by atoms with Gasteiger partial charge in [-0.25, -0.2) is 9.50 Å². The van der Waals surface area contributed by atoms with Crippen molar-refractivity contribution < 1.29 is 19.0 Å². The maximum atomic E-state index is 12.1. The quantitative estimate of drug-likeness (QED) is 0.424. The zero-order chi connectivity index (χ0) is 25.2. The normalized spacial score (nSPS) is 17.8. The topological polar surface area (TPSA) is 116 Å². The first kappa shape index (κ1) is 23.3. The number of aromatic nitrogens is 5. The molecule has 6 rings (SSSR count). The van der Waals surface area contributed by atoms with Crippen molar-refractivity contribution in [2.75, 3.05) is 51.5 Å². The Morgan fingerprint density at radius 3 is 2.70 bits per heavy atom. The fraction of sp³-hybridized carbons (Fsp3) is 0.346. The third-order valence-corrected chi connectivity index (χ3v) is 6.56. The monoisotopic (exact) mass is 501 g/mol. The minimum absolute atomic E-state index is 0.0844. The second-order valence-electron chi connectivity index (χ2n) is 8.94. The van der Waals surface area contributed by atoms with Gasteiger partial charge in [-0.05, 0) is 18.2 Å². The molecule has 190 valence electrons. The van der Waals surface area contributed by atoms with E-state index in [1.54, 1.807) is 30.0 Å². The molecule has 0 aromatic carbocycles. The fourth-order valence-electron chi connectivity index (χ4n) is 4.53. The van der Waals surface area contributed by atoms with Gasteiger partial charge in [-0.1, -0.05) is 0 Å². The maximum Gasteiger partial charge on any atom is 0.252 e. The summed E-state index contributed by atoms with van der Waals surface area (Å²) in [5, 5.41) is 7.17. The number of morpholine rings is 1. The highest BCUT2D eigenvalue weighted by molar-refractivity contribution is 5.95. The predicted octanol–water partition coefficient (Wildman–Crippen LogP) is 2.22. The average molecular weight is 502 g/mol. The molecule has 2 aliphatic heterocycles. The van der Waals surface area contributed by atoms with Gasteiger partial charge in [0.05, 0.1) is 43.8 Å². The van der Waals surface area contributed by atoms with Crippen LogP contribution in [0.1, 0.15) is 16.8 Å². The Morgan fingerprint density at radius 2 is 1.95 bits per heavy atom. The number of carbonyl (C=O) groups is 1. The zero-order valence-electron chi connectivity index (χ0n) is 20.5. The van der Waals surface area contributed by atoms with Crippen LogP contribution >= 0.6 is 0 Å². The molecule has 37 heavy (non-hydrogen) atoms. The summed E-state index contributed by atoms with van der Waals surface area (Å²) in [5.41, 5.74) is 4.21. The number of pyridine rings is 2. The van der Waals surface area contributed by atoms with Crippen molar-refractivity contribution in [3.05, 3.63) is 54.7 Å². The lowest BCUT2D eigenvalue weighted by molar-refractivity contribution is 0.0962. The number of fused-ring (bicyclic) bond motifs is 1. The van der Waals surface area contributed by atoms with Crippen LogP contribution in [0, 0.1) is 0 Å². The number of carbonyl (C=O) groups excluding carboxylic acids is 1. The number of hydrogen-bond acceptors (Lipinski definition) is 9. The Morgan fingerprint density at radius 1 is 1.05 bits per heavy atom. The lowest BCUT2D eigenvalue weighted by Gasteiger charge is -2.27. The van der Waals surface area contributed by atoms with E-state index < -0.39 is 0 Å². The van der Waals surface area contributed by atoms with Crippen LogP contribution in [0.3, 0.4) is 0 Å². The molecule has 4 aromatic heterocycles. The van der Waals surface area contributed by atoms with Gasteiger partial charge in [0.15, 0.2) is 5.65 Å². The van der Waals surface area contributed by atoms with Gasteiger partial charge >= 0.3 is 0 Å². The molecular formula is C26H27N7O4. The van der Waals surface area contributed by atoms with Crippen LogP contribution in [0.5, 0.6) is 5.88 Å². The third kappa shape index (κ3) is 4.70. The summed E-state index contributed by atoms with van der Waals surface area (Å²) >= 11 is 0. The molecule has 1 N–H and O–H groups in total. The van der Waals surface area contributed by atoms with Crippen molar-refractivity contribution in [2.24, 2.45) is 0 Å². The summed E-state index contributed by atoms with van der Waals surface area (Å²) in [6.45, 7) is 4.23. The molecule has 1 unspecified atom stereocenters. The highest BCUT2D eigenvalue weighted by Gasteiger charge is 2.23. The van der Waals surface area contributed by atoms with Crippen molar-refractivity contribution in [3.8, 4) is 28.1 Å². The van der Waals surface area contributed by atoms with Crippen LogP contribution in [-0.2, 0) is 9.47 Å². The van der Waals surface area contributed by atoms with Crippen LogP contribution in [0.15, 0.2) is 49.2 Å². The van der Waals surface area contributed by atoms with Gasteiger partial charge in [0.2, 0.25) is 5.88 Å². The summed E-state index contributed by atoms with van der Waals surface area (Å²) in [5.74, 6) is 1.19. The van der Waals surface area contributed by atoms with Crippen molar-refractivity contribution in [2.45, 2.75) is 12.5 Å². The van der Waals surface area contributed by atoms with Gasteiger partial charge in [-0.15, -0.1) is 0 Å². The number of amides is 1. The minimum Gasteiger partial charge on any atom is -0.471 e. The largest absolute Gasteiger partial charge is 0.471 e. The van der Waals surface area contributed by atoms with Gasteiger partial charge < -0.3 is 24.4 Å². The molecule has 6 heterocycles. The first-order valence-electron chi connectivity index (χ1n) is 12.3. The average Bonchev–Trinajstić information content (AvgIpc) is 3.63. The Hall–Kier alpha value is -4.09. The van der Waals surface area contributed by atoms with Crippen LogP contribution < -0.4 is 15.0 Å². The second kappa shape index (κ2) is 10.1. The minimum atomic E-state index is -0.209. The van der Waals surface area contributed by atoms with Crippen LogP contribution in [-0.4, -0.2) is 83.1 Å². The van der Waals surface area contributed by atoms with Gasteiger partial charge in [0.25, 0.3) is 5.91 Å². The van der Waals surface area contributed by atoms with E-state index in [1.165, 1.54) is 6.20 Å². The number of nitrogens with zero attached hydrogens (tertiary/aromatic N) is 6. The van der Waals surface area contributed by atoms with Crippen molar-refractivity contribution in [1.29, 1.82) is 0 Å². The molecule has 0 aliphatic carbocycles. The number of hydrogen-bond donors (Lipinski definition) is 1. The smallest absolute Gasteiger partial charge is 0.252 e. The first-order valence-corrected chi connectivity index (χ1v) is 12.3. The van der Waals surface area contributed by atoms with E-state index in [0.29, 0.717) is 43.5 Å². The van der Waals surface area contributed by atoms with Crippen molar-refractivity contribution >= 4 is 17.4 Å². The maximum absolute atomic E-state index is 12.1. The summed E-state index contributed by atoms with van der Waals surface area (Å²) in [7, 11) is 1.59. The molecule has 0 spiro atoms. The number of ether oxygens (including phenoxy) is 3. The first-order chi connectivity index (χ1) is 18.2. The molecule has 0 bridgehead atoms. The molecule has 0 saturated carbocycles. The van der Waals surface area contributed by atoms with Crippen LogP contribution in [0.2, 0.25) is 0 Å². The summed E-state index contributed by atoms with van der Waals surface area (Å²) in [6, 6.07) is 5.82. The summed E-state index contributed by atoms with van der Waals surface area (Å²) in [4.78, 5) is 28.2. The van der Waals surface area contributed by atoms with Gasteiger partial charge in [-0.3, -0.25) is 9.78 Å². The van der Waals surface area contributed by atoms with E-state index in [2.05, 4.69) is 20.3 Å². The van der Waals surface area contributed by atoms with E-state index in [4.69, 9.17) is 24.2 Å². The molecule has 11 nitrogen and oxygen atoms in total. The molecule has 11 heteroatoms. The second-order valence-corrected chi connectivity index (χ2v) is 8.94. The molecule has 1 atom stereocenters. The molecule has 2 fully saturated rings. The van der Waals surface area contributed by atoms with Crippen LogP contribution in [0.4, 0.5) is 5.82 Å². The number of rotatable bonds is 6. The molecule has 2 saturated heterocycles. The Balaban J connectivity index is 1.40. The Kier molecular flexibility index (Phi) is 6.37. The lowest BCUT2D eigenvalue weighted by Crippen LogP contribution is -2.36. The number of anilines is 1. The van der Waals surface area contributed by atoms with Gasteiger partial charge in [0, 0.05) is 68.0 Å². The standard InChI is InChI=1S/C26H27N7O4/c1-27-25(34)19-10-18(11-28-12-19)21-14-30-33-15-22(26(31-24(21)33)37-20-4-7-36-16-20)17-2-3-23(29-13-17)32-5-8-35-9-6-32/h2-3,10-15,20H,4-9,16H2,1H3,(H,27,34). The van der Waals surface area contributed by atoms with Crippen LogP contribution in [0.25, 0.3) is 27.9 Å². The number of nitrogens with one attached hydrogen (secondary N) is 1. The summed E-state index contributed by atoms with van der Waals surface area (Å²) < 4.78 is 19.0. The highest BCUT2D eigenvalue weighted by atomic mass is 16.5. The van der Waals surface area contributed by atoms with E-state index in [1.807, 2.05) is 24.5 Å². The van der Waals surface area contributed by atoms with Gasteiger partial charge in [-0.2, -0.15) is 10.1 Å². The predicted molar refractivity (Wildman–Crippen MR) is 136 cm³/mol. The fourth-order valence-corrected chi connectivity index (χ4v) is 4.53. The molecule has 2 aliphatic rings. The molecule has 4 aromatic rings. The van der Waals surface area contributed by atoms with E-state index >= 15 is 0 Å². The van der Waals surface area contributed by atoms with Crippen molar-refractivity contribution in [1.82, 2.24) is 29.9 Å².